The Morgan fingerprint density at radius 1 is 1.33 bits per heavy atom. The highest BCUT2D eigenvalue weighted by molar-refractivity contribution is 5.64. The van der Waals surface area contributed by atoms with Gasteiger partial charge < -0.3 is 14.8 Å². The fourth-order valence-electron chi connectivity index (χ4n) is 1.86. The lowest BCUT2D eigenvalue weighted by Gasteiger charge is -2.15. The van der Waals surface area contributed by atoms with Gasteiger partial charge in [-0.25, -0.2) is 0 Å². The monoisotopic (exact) mass is 249 g/mol. The molecule has 3 heteroatoms. The third-order valence-corrected chi connectivity index (χ3v) is 3.01. The minimum Gasteiger partial charge on any atom is -0.493 e. The highest BCUT2D eigenvalue weighted by atomic mass is 16.5. The molecule has 0 spiro atoms. The first-order valence-corrected chi connectivity index (χ1v) is 6.26. The second-order valence-electron chi connectivity index (χ2n) is 4.25. The van der Waals surface area contributed by atoms with E-state index >= 15 is 0 Å². The number of hydrogen-bond donors (Lipinski definition) is 1. The van der Waals surface area contributed by atoms with Crippen LogP contribution in [0.1, 0.15) is 26.3 Å². The van der Waals surface area contributed by atoms with Gasteiger partial charge in [-0.1, -0.05) is 30.7 Å². The van der Waals surface area contributed by atoms with Crippen LogP contribution >= 0.6 is 0 Å². The Hall–Kier alpha value is -1.48. The summed E-state index contributed by atoms with van der Waals surface area (Å²) in [6.07, 6.45) is 2.13. The van der Waals surface area contributed by atoms with Crippen molar-refractivity contribution in [3.8, 4) is 11.5 Å². The normalized spacial score (nSPS) is 13.3. The Labute approximate surface area is 110 Å². The van der Waals surface area contributed by atoms with Crippen LogP contribution in [0.25, 0.3) is 6.08 Å². The minimum atomic E-state index is 0.353. The molecule has 1 rings (SSSR count). The van der Waals surface area contributed by atoms with Gasteiger partial charge in [0.1, 0.15) is 0 Å². The van der Waals surface area contributed by atoms with Crippen LogP contribution in [-0.2, 0) is 0 Å². The number of ether oxygens (including phenoxy) is 2. The van der Waals surface area contributed by atoms with E-state index in [-0.39, 0.29) is 0 Å². The molecule has 18 heavy (non-hydrogen) atoms. The number of rotatable bonds is 6. The molecule has 0 bridgehead atoms. The van der Waals surface area contributed by atoms with E-state index in [1.54, 1.807) is 14.2 Å². The Morgan fingerprint density at radius 3 is 2.61 bits per heavy atom. The second kappa shape index (κ2) is 7.07. The summed E-state index contributed by atoms with van der Waals surface area (Å²) in [6, 6.07) is 6.26. The number of para-hydroxylation sites is 1. The predicted molar refractivity (Wildman–Crippen MR) is 76.3 cm³/mol. The summed E-state index contributed by atoms with van der Waals surface area (Å²) in [5, 5.41) is 3.39. The highest BCUT2D eigenvalue weighted by Crippen LogP contribution is 2.32. The molecule has 0 saturated carbocycles. The zero-order valence-corrected chi connectivity index (χ0v) is 11.9. The molecule has 0 amide bonds. The zero-order chi connectivity index (χ0) is 13.5. The van der Waals surface area contributed by atoms with Gasteiger partial charge in [0.25, 0.3) is 0 Å². The van der Waals surface area contributed by atoms with Crippen molar-refractivity contribution in [3.63, 3.8) is 0 Å². The van der Waals surface area contributed by atoms with Gasteiger partial charge >= 0.3 is 0 Å². The first kappa shape index (κ1) is 14.6. The third-order valence-electron chi connectivity index (χ3n) is 3.01. The van der Waals surface area contributed by atoms with Gasteiger partial charge in [0.15, 0.2) is 11.5 Å². The minimum absolute atomic E-state index is 0.353. The lowest BCUT2D eigenvalue weighted by Crippen LogP contribution is -2.26. The first-order chi connectivity index (χ1) is 8.63. The Bertz CT molecular complexity index is 413. The maximum absolute atomic E-state index is 5.42. The van der Waals surface area contributed by atoms with E-state index in [1.165, 1.54) is 5.57 Å². The van der Waals surface area contributed by atoms with Crippen molar-refractivity contribution >= 4 is 6.08 Å². The van der Waals surface area contributed by atoms with E-state index in [2.05, 4.69) is 32.2 Å². The predicted octanol–water partition coefficient (Wildman–Crippen LogP) is 3.11. The number of likely N-dealkylation sites (N-methyl/N-ethyl adjacent to an activating group) is 1. The standard InChI is InChI=1S/C15H23NO2/c1-6-16-12(3)11(2)10-13-8-7-9-14(17-4)15(13)18-5/h7-10,12,16H,6H2,1-5H3/b11-10+. The van der Waals surface area contributed by atoms with Gasteiger partial charge in [-0.2, -0.15) is 0 Å². The van der Waals surface area contributed by atoms with Crippen molar-refractivity contribution in [3.05, 3.63) is 29.3 Å². The quantitative estimate of drug-likeness (QED) is 0.840. The van der Waals surface area contributed by atoms with E-state index in [0.29, 0.717) is 6.04 Å². The second-order valence-corrected chi connectivity index (χ2v) is 4.25. The molecular weight excluding hydrogens is 226 g/mol. The van der Waals surface area contributed by atoms with Crippen LogP contribution in [0, 0.1) is 0 Å². The van der Waals surface area contributed by atoms with Gasteiger partial charge in [-0.3, -0.25) is 0 Å². The largest absolute Gasteiger partial charge is 0.493 e. The van der Waals surface area contributed by atoms with Crippen LogP contribution in [0.4, 0.5) is 0 Å². The molecule has 1 N–H and O–H groups in total. The third kappa shape index (κ3) is 3.50. The maximum atomic E-state index is 5.42. The molecule has 100 valence electrons. The fourth-order valence-corrected chi connectivity index (χ4v) is 1.86. The average molecular weight is 249 g/mol. The van der Waals surface area contributed by atoms with Crippen LogP contribution in [0.15, 0.2) is 23.8 Å². The summed E-state index contributed by atoms with van der Waals surface area (Å²) in [4.78, 5) is 0. The first-order valence-electron chi connectivity index (χ1n) is 6.26. The molecule has 3 nitrogen and oxygen atoms in total. The van der Waals surface area contributed by atoms with Crippen molar-refractivity contribution < 1.29 is 9.47 Å². The molecule has 0 saturated heterocycles. The smallest absolute Gasteiger partial charge is 0.167 e. The van der Waals surface area contributed by atoms with Crippen molar-refractivity contribution in [2.75, 3.05) is 20.8 Å². The molecule has 1 unspecified atom stereocenters. The topological polar surface area (TPSA) is 30.5 Å². The van der Waals surface area contributed by atoms with Crippen LogP contribution in [0.2, 0.25) is 0 Å². The molecule has 0 heterocycles. The Morgan fingerprint density at radius 2 is 2.06 bits per heavy atom. The summed E-state index contributed by atoms with van der Waals surface area (Å²) in [5.41, 5.74) is 2.31. The Kier molecular flexibility index (Phi) is 5.72. The van der Waals surface area contributed by atoms with Crippen LogP contribution in [-0.4, -0.2) is 26.8 Å². The molecule has 1 aromatic rings. The molecule has 0 radical (unpaired) electrons. The van der Waals surface area contributed by atoms with E-state index in [0.717, 1.165) is 23.6 Å². The Balaban J connectivity index is 3.06. The average Bonchev–Trinajstić information content (AvgIpc) is 2.38. The molecule has 0 aliphatic rings. The lowest BCUT2D eigenvalue weighted by molar-refractivity contribution is 0.354. The van der Waals surface area contributed by atoms with Crippen LogP contribution < -0.4 is 14.8 Å². The van der Waals surface area contributed by atoms with Gasteiger partial charge in [0, 0.05) is 11.6 Å². The summed E-state index contributed by atoms with van der Waals surface area (Å²) < 4.78 is 10.7. The molecule has 0 aromatic heterocycles. The summed E-state index contributed by atoms with van der Waals surface area (Å²) in [6.45, 7) is 7.34. The van der Waals surface area contributed by atoms with Crippen LogP contribution in [0.3, 0.4) is 0 Å². The van der Waals surface area contributed by atoms with Gasteiger partial charge in [-0.15, -0.1) is 0 Å². The van der Waals surface area contributed by atoms with Gasteiger partial charge in [0.2, 0.25) is 0 Å². The van der Waals surface area contributed by atoms with E-state index in [9.17, 15) is 0 Å². The van der Waals surface area contributed by atoms with Crippen molar-refractivity contribution in [1.29, 1.82) is 0 Å². The van der Waals surface area contributed by atoms with Crippen molar-refractivity contribution in [1.82, 2.24) is 5.32 Å². The maximum Gasteiger partial charge on any atom is 0.167 e. The van der Waals surface area contributed by atoms with E-state index < -0.39 is 0 Å². The summed E-state index contributed by atoms with van der Waals surface area (Å²) in [7, 11) is 3.32. The molecule has 1 aromatic carbocycles. The lowest BCUT2D eigenvalue weighted by atomic mass is 10.1. The summed E-state index contributed by atoms with van der Waals surface area (Å²) in [5.74, 6) is 1.54. The molecule has 0 fully saturated rings. The summed E-state index contributed by atoms with van der Waals surface area (Å²) >= 11 is 0. The van der Waals surface area contributed by atoms with Gasteiger partial charge in [0.05, 0.1) is 14.2 Å². The molecule has 0 aliphatic carbocycles. The van der Waals surface area contributed by atoms with E-state index in [4.69, 9.17) is 9.47 Å². The van der Waals surface area contributed by atoms with Crippen molar-refractivity contribution in [2.45, 2.75) is 26.8 Å². The van der Waals surface area contributed by atoms with Crippen LogP contribution in [0.5, 0.6) is 11.5 Å². The number of methoxy groups -OCH3 is 2. The molecule has 1 atom stereocenters. The molecule has 0 aliphatic heterocycles. The highest BCUT2D eigenvalue weighted by Gasteiger charge is 2.09. The van der Waals surface area contributed by atoms with Crippen molar-refractivity contribution in [2.24, 2.45) is 0 Å². The van der Waals surface area contributed by atoms with Gasteiger partial charge in [-0.05, 0) is 26.5 Å². The fraction of sp³-hybridized carbons (Fsp3) is 0.467. The zero-order valence-electron chi connectivity index (χ0n) is 11.9. The number of benzene rings is 1. The van der Waals surface area contributed by atoms with E-state index in [1.807, 2.05) is 18.2 Å². The number of nitrogens with one attached hydrogen (secondary N) is 1. The molecular formula is C15H23NO2. The SMILES string of the molecule is CCNC(C)/C(C)=C/c1cccc(OC)c1OC. The number of hydrogen-bond acceptors (Lipinski definition) is 3.